The van der Waals surface area contributed by atoms with E-state index in [9.17, 15) is 50.5 Å². The number of sulfone groups is 4. The molecule has 0 saturated heterocycles. The minimum atomic E-state index is -2.95. The normalized spacial score (nSPS) is 22.4. The van der Waals surface area contributed by atoms with E-state index in [-0.39, 0.29) is 29.2 Å². The Morgan fingerprint density at radius 2 is 1.27 bits per heavy atom. The molecule has 0 radical (unpaired) electrons. The highest BCUT2D eigenvalue weighted by Gasteiger charge is 2.13. The molecule has 50 heteroatoms. The van der Waals surface area contributed by atoms with Crippen LogP contribution in [0.25, 0.3) is 0 Å². The molecule has 142 heavy (non-hydrogen) atoms. The van der Waals surface area contributed by atoms with Gasteiger partial charge in [0.15, 0.2) is 48.1 Å². The summed E-state index contributed by atoms with van der Waals surface area (Å²) in [6, 6.07) is 0. The summed E-state index contributed by atoms with van der Waals surface area (Å²) >= 11 is 7.09. The molecule has 38 nitrogen and oxygen atoms in total. The summed E-state index contributed by atoms with van der Waals surface area (Å²) in [4.78, 5) is 30.4. The third-order valence-corrected chi connectivity index (χ3v) is 26.3. The third kappa shape index (κ3) is 105. The summed E-state index contributed by atoms with van der Waals surface area (Å²) in [6.07, 6.45) is 90.5. The Hall–Kier alpha value is -9.58. The maximum absolute atomic E-state index is 10.3. The summed E-state index contributed by atoms with van der Waals surface area (Å²) < 4.78 is 170. The highest BCUT2D eigenvalue weighted by Crippen LogP contribution is 2.10. The highest BCUT2D eigenvalue weighted by atomic mass is 32.2. The number of thioether (sulfide) groups is 4. The van der Waals surface area contributed by atoms with Gasteiger partial charge in [-0.2, -0.15) is 0 Å². The average molecular weight is 2210 g/mol. The van der Waals surface area contributed by atoms with E-state index in [2.05, 4.69) is 155 Å². The lowest BCUT2D eigenvalue weighted by Gasteiger charge is -2.02. The second-order valence-electron chi connectivity index (χ2n) is 27.5. The molecular weight excluding hydrogens is 2070 g/mol. The second-order valence-corrected chi connectivity index (χ2v) is 44.3. The summed E-state index contributed by atoms with van der Waals surface area (Å²) in [5, 5.41) is 32.7. The molecule has 0 aromatic heterocycles. The second kappa shape index (κ2) is 101. The third-order valence-electron chi connectivity index (χ3n) is 15.5. The van der Waals surface area contributed by atoms with Crippen LogP contribution in [0.5, 0.6) is 0 Å². The molecule has 8 N–H and O–H groups in total. The topological polar surface area (TPSA) is 492 Å². The van der Waals surface area contributed by atoms with Crippen molar-refractivity contribution in [2.24, 2.45) is 39.9 Å². The molecule has 24 rings (SSSR count). The molecule has 4 atom stereocenters. The van der Waals surface area contributed by atoms with Gasteiger partial charge in [0.2, 0.25) is 16.6 Å². The van der Waals surface area contributed by atoms with Crippen LogP contribution in [-0.4, -0.2) is 285 Å². The van der Waals surface area contributed by atoms with Gasteiger partial charge in [-0.15, -0.1) is 35.3 Å². The summed E-state index contributed by atoms with van der Waals surface area (Å²) in [5.74, 6) is 8.24. The number of hydrogen-bond acceptors (Lipinski definition) is 42. The maximum atomic E-state index is 10.3. The van der Waals surface area contributed by atoms with Crippen LogP contribution < -0.4 is 42.5 Å². The lowest BCUT2D eigenvalue weighted by atomic mass is 10.2. The molecule has 0 spiro atoms. The van der Waals surface area contributed by atoms with Crippen molar-refractivity contribution < 1.29 is 97.9 Å². The molecule has 0 fully saturated rings. The van der Waals surface area contributed by atoms with E-state index in [4.69, 9.17) is 23.7 Å². The van der Waals surface area contributed by atoms with Gasteiger partial charge in [-0.3, -0.25) is 56.8 Å². The molecular formula is C92H142N16O22S12. The van der Waals surface area contributed by atoms with Crippen LogP contribution in [0.1, 0.15) is 77.0 Å². The number of allylic oxidation sites excluding steroid dienone is 11. The number of dihydropyridines is 3. The largest absolute Gasteiger partial charge is 0.502 e. The van der Waals surface area contributed by atoms with Gasteiger partial charge in [-0.1, -0.05) is 78.6 Å². The van der Waals surface area contributed by atoms with Gasteiger partial charge in [0.1, 0.15) is 54.5 Å². The first kappa shape index (κ1) is 130. The summed E-state index contributed by atoms with van der Waals surface area (Å²) in [7, 11) is -14.3. The number of ether oxygens (including phenoxy) is 10. The van der Waals surface area contributed by atoms with Gasteiger partial charge >= 0.3 is 0 Å². The van der Waals surface area contributed by atoms with Gasteiger partial charge < -0.3 is 89.9 Å². The zero-order chi connectivity index (χ0) is 103. The molecule has 24 aliphatic heterocycles. The highest BCUT2D eigenvalue weighted by molar-refractivity contribution is 8.12. The Labute approximate surface area is 868 Å². The van der Waals surface area contributed by atoms with E-state index in [1.165, 1.54) is 106 Å². The molecule has 0 aromatic carbocycles. The Bertz CT molecular complexity index is 4110. The van der Waals surface area contributed by atoms with E-state index in [0.29, 0.717) is 43.5 Å². The van der Waals surface area contributed by atoms with Crippen molar-refractivity contribution in [3.05, 3.63) is 254 Å². The molecule has 4 unspecified atom stereocenters. The molecule has 794 valence electrons. The number of nitrogens with zero attached hydrogens (tertiary/aromatic N) is 8. The molecule has 0 amide bonds. The Kier molecular flexibility index (Phi) is 93.2. The quantitative estimate of drug-likeness (QED) is 0.104. The Balaban J connectivity index is 0.000000741. The van der Waals surface area contributed by atoms with Crippen molar-refractivity contribution in [2.75, 3.05) is 186 Å². The van der Waals surface area contributed by atoms with Crippen molar-refractivity contribution in [2.45, 2.75) is 77.0 Å². The maximum Gasteiger partial charge on any atom is 0.229 e. The Morgan fingerprint density at radius 1 is 0.430 bits per heavy atom. The van der Waals surface area contributed by atoms with Gasteiger partial charge in [-0.25, -0.2) is 33.7 Å². The van der Waals surface area contributed by atoms with E-state index in [1.54, 1.807) is 96.9 Å². The van der Waals surface area contributed by atoms with E-state index < -0.39 is 82.5 Å². The van der Waals surface area contributed by atoms with Crippen LogP contribution in [0.4, 0.5) is 0 Å². The molecule has 0 saturated carbocycles. The lowest BCUT2D eigenvalue weighted by molar-refractivity contribution is 0.0920. The first-order valence-corrected chi connectivity index (χ1v) is 61.8. The van der Waals surface area contributed by atoms with Crippen LogP contribution in [0.15, 0.2) is 294 Å². The van der Waals surface area contributed by atoms with Gasteiger partial charge in [0.05, 0.1) is 161 Å². The van der Waals surface area contributed by atoms with Gasteiger partial charge in [0, 0.05) is 139 Å². The molecule has 24 aliphatic rings. The van der Waals surface area contributed by atoms with Crippen molar-refractivity contribution >= 4 is 177 Å². The fraction of sp³-hybridized carbons (Fsp3) is 0.457. The van der Waals surface area contributed by atoms with E-state index in [1.807, 2.05) is 139 Å². The van der Waals surface area contributed by atoms with Crippen LogP contribution in [0.2, 0.25) is 0 Å². The molecule has 24 heterocycles. The smallest absolute Gasteiger partial charge is 0.229 e. The number of nitrogens with one attached hydrogen (secondary N) is 8. The van der Waals surface area contributed by atoms with Crippen LogP contribution in [0, 0.1) is 0 Å². The summed E-state index contributed by atoms with van der Waals surface area (Å²) in [6.45, 7) is 13.1. The average Bonchev–Trinajstić information content (AvgIpc) is 1.80. The van der Waals surface area contributed by atoms with Crippen LogP contribution in [0.3, 0.4) is 0 Å². The monoisotopic (exact) mass is 2210 g/mol. The minimum Gasteiger partial charge on any atom is -0.502 e. The zero-order valence-electron chi connectivity index (χ0n) is 80.0. The van der Waals surface area contributed by atoms with Crippen molar-refractivity contribution in [3.8, 4) is 0 Å². The number of hydrogen-bond donors (Lipinski definition) is 8. The Morgan fingerprint density at radius 3 is 1.44 bits per heavy atom. The van der Waals surface area contributed by atoms with E-state index >= 15 is 0 Å². The van der Waals surface area contributed by atoms with Crippen LogP contribution in [-0.2, 0) is 130 Å². The SMILES string of the molecule is C1=CCCN=C1.C1=CCNC=C1.C1=CCNCC1.C1=CCOC=C1.C1=CCOCC1.C1=CNC=CC1.C1=CNCCC1.C1=COC=CC1.C1=COCCC1.C1=COCN1.C1=COCO1.C1=CSCN1.C1=CSCO1.C1=NCCCC1.C1=NCCS1.C1=NCSC1.O=S1(=O)C=CNC1.O=S1(=O)C=COC1.O=S1(=O)C=NCC1.O=S1(=O)CC=NC1.O=S1C=CNC1.O=S1C=COC1.O=S1C=NCC1.O=S1CC=NC1. The van der Waals surface area contributed by atoms with Crippen LogP contribution >= 0.6 is 47.0 Å². The standard InChI is InChI=1S/3C5H9N.3C5H7N.2C5H8O.2C5H6O.3C3H5NO2S.3C3H5NOS.C3H5NO.3C3H5NS.C3H4O3S.C3H4O2S.C3H4O2.C3H4OS/c10*1-2-4-6-5-3-1;3*5-7(6)2-1-4-3-7;3*5-6-2-1-4-3-6;4*1-2-5-3-4-1;4-7(5)2-1-6-3-7;4-6-2-1-5-3-6;2*1-2-5-3-4-1/h4H,1-3,5H2;2,4,6H,1,3,5H2;1-2,6H,3-5H2;2-6H,1H2;1-2,4H,3,5H2;1-4,6H,5H2;2,4H,1,3,5H2;1-2H,3-5H2;2-5H,1H2;1-4H,5H2;3H,1-2H2;1H,2-3H2;1-2,4H,3H2;3H,1-2H2;1H,2-3H2;1-2,4H,3H2;1-2,4H,3H2;3H,1-2H2;1H,2-3H2;1-2,4H,3H2;1-2H,3H2;1-2H,3H2;2*1-2H,3H2. The zero-order valence-corrected chi connectivity index (χ0v) is 89.8. The molecule has 0 bridgehead atoms. The minimum absolute atomic E-state index is 0.00694. The number of aliphatic imine (C=N–C) groups is 8. The first-order chi connectivity index (χ1) is 69.4. The fourth-order valence-corrected chi connectivity index (χ4v) is 16.0. The molecule has 0 aromatic rings. The van der Waals surface area contributed by atoms with Crippen molar-refractivity contribution in [3.63, 3.8) is 0 Å². The van der Waals surface area contributed by atoms with Crippen molar-refractivity contribution in [1.82, 2.24) is 42.5 Å². The van der Waals surface area contributed by atoms with Gasteiger partial charge in [-0.05, 0) is 163 Å². The predicted octanol–water partition coefficient (Wildman–Crippen LogP) is 11.8. The number of rotatable bonds is 0. The van der Waals surface area contributed by atoms with Crippen molar-refractivity contribution in [1.29, 1.82) is 0 Å². The van der Waals surface area contributed by atoms with Gasteiger partial charge in [0.25, 0.3) is 0 Å². The van der Waals surface area contributed by atoms with E-state index in [0.717, 1.165) is 150 Å². The first-order valence-electron chi connectivity index (χ1n) is 44.9. The lowest BCUT2D eigenvalue weighted by Crippen LogP contribution is -2.17. The summed E-state index contributed by atoms with van der Waals surface area (Å²) in [5.41, 5.74) is 4.42. The predicted molar refractivity (Wildman–Crippen MR) is 596 cm³/mol. The molecule has 0 aliphatic carbocycles. The fourth-order valence-electron chi connectivity index (χ4n) is 8.74.